The zero-order valence-electron chi connectivity index (χ0n) is 12.1. The molecule has 0 atom stereocenters. The molecule has 2 aromatic rings. The van der Waals surface area contributed by atoms with Crippen LogP contribution in [0, 0.1) is 0 Å². The maximum Gasteiger partial charge on any atom is 0.235 e. The van der Waals surface area contributed by atoms with Crippen molar-refractivity contribution in [1.29, 1.82) is 0 Å². The van der Waals surface area contributed by atoms with Gasteiger partial charge in [0.2, 0.25) is 10.0 Å². The third-order valence-corrected chi connectivity index (χ3v) is 5.21. The third-order valence-electron chi connectivity index (χ3n) is 3.44. The molecule has 0 heterocycles. The van der Waals surface area contributed by atoms with Crippen molar-refractivity contribution in [3.05, 3.63) is 65.7 Å². The molecule has 2 N–H and O–H groups in total. The van der Waals surface area contributed by atoms with Crippen molar-refractivity contribution >= 4 is 15.7 Å². The number of anilines is 1. The second kappa shape index (κ2) is 6.74. The highest BCUT2D eigenvalue weighted by Crippen LogP contribution is 2.18. The highest BCUT2D eigenvalue weighted by molar-refractivity contribution is 7.92. The fourth-order valence-electron chi connectivity index (χ4n) is 2.03. The number of nitrogens with two attached hydrogens (primary N) is 1. The first kappa shape index (κ1) is 15.5. The molecule has 0 unspecified atom stereocenters. The van der Waals surface area contributed by atoms with Crippen molar-refractivity contribution in [3.63, 3.8) is 0 Å². The van der Waals surface area contributed by atoms with E-state index < -0.39 is 10.0 Å². The molecular weight excluding hydrogens is 284 g/mol. The topological polar surface area (TPSA) is 63.4 Å². The molecule has 0 aliphatic rings. The number of nitrogens with zero attached hydrogens (tertiary/aromatic N) is 1. The van der Waals surface area contributed by atoms with Crippen LogP contribution in [-0.4, -0.2) is 21.2 Å². The van der Waals surface area contributed by atoms with Gasteiger partial charge >= 0.3 is 0 Å². The summed E-state index contributed by atoms with van der Waals surface area (Å²) in [6.07, 6.45) is 0.508. The van der Waals surface area contributed by atoms with E-state index in [1.807, 2.05) is 42.5 Å². The second-order valence-corrected chi connectivity index (χ2v) is 7.01. The molecule has 0 saturated carbocycles. The second-order valence-electron chi connectivity index (χ2n) is 4.89. The van der Waals surface area contributed by atoms with E-state index in [9.17, 15) is 8.42 Å². The summed E-state index contributed by atoms with van der Waals surface area (Å²) >= 11 is 0. The van der Waals surface area contributed by atoms with Crippen LogP contribution in [0.15, 0.2) is 54.6 Å². The van der Waals surface area contributed by atoms with Gasteiger partial charge in [-0.1, -0.05) is 42.5 Å². The van der Waals surface area contributed by atoms with Crippen LogP contribution in [0.3, 0.4) is 0 Å². The standard InChI is InChI=1S/C16H20N2O2S/c1-18(16-9-7-15(13-17)8-10-16)21(19,20)12-11-14-5-3-2-4-6-14/h2-10H,11-13,17H2,1H3. The van der Waals surface area contributed by atoms with Crippen molar-refractivity contribution in [1.82, 2.24) is 0 Å². The predicted octanol–water partition coefficient (Wildman–Crippen LogP) is 2.15. The maximum atomic E-state index is 12.4. The Morgan fingerprint density at radius 3 is 2.14 bits per heavy atom. The van der Waals surface area contributed by atoms with Crippen LogP contribution in [0.4, 0.5) is 5.69 Å². The number of benzene rings is 2. The minimum absolute atomic E-state index is 0.0894. The van der Waals surface area contributed by atoms with Crippen molar-refractivity contribution in [2.24, 2.45) is 5.73 Å². The first-order valence-electron chi connectivity index (χ1n) is 6.82. The smallest absolute Gasteiger partial charge is 0.235 e. The molecule has 0 amide bonds. The van der Waals surface area contributed by atoms with Gasteiger partial charge in [0.15, 0.2) is 0 Å². The van der Waals surface area contributed by atoms with Gasteiger partial charge in [0.1, 0.15) is 0 Å². The third kappa shape index (κ3) is 4.06. The predicted molar refractivity (Wildman–Crippen MR) is 86.7 cm³/mol. The number of hydrogen-bond donors (Lipinski definition) is 1. The van der Waals surface area contributed by atoms with E-state index in [0.717, 1.165) is 11.1 Å². The molecule has 112 valence electrons. The highest BCUT2D eigenvalue weighted by atomic mass is 32.2. The molecule has 0 radical (unpaired) electrons. The fourth-order valence-corrected chi connectivity index (χ4v) is 3.24. The lowest BCUT2D eigenvalue weighted by Crippen LogP contribution is -2.29. The molecule has 21 heavy (non-hydrogen) atoms. The summed E-state index contributed by atoms with van der Waals surface area (Å²) in [6, 6.07) is 16.9. The largest absolute Gasteiger partial charge is 0.326 e. The Hall–Kier alpha value is -1.85. The summed E-state index contributed by atoms with van der Waals surface area (Å²) in [7, 11) is -1.75. The van der Waals surface area contributed by atoms with E-state index >= 15 is 0 Å². The number of sulfonamides is 1. The monoisotopic (exact) mass is 304 g/mol. The molecule has 0 spiro atoms. The van der Waals surface area contributed by atoms with Gasteiger partial charge in [0.05, 0.1) is 11.4 Å². The van der Waals surface area contributed by atoms with Gasteiger partial charge in [-0.15, -0.1) is 0 Å². The van der Waals surface area contributed by atoms with E-state index in [1.165, 1.54) is 4.31 Å². The van der Waals surface area contributed by atoms with Gasteiger partial charge in [0, 0.05) is 13.6 Å². The van der Waals surface area contributed by atoms with E-state index in [2.05, 4.69) is 0 Å². The van der Waals surface area contributed by atoms with Crippen LogP contribution in [0.2, 0.25) is 0 Å². The maximum absolute atomic E-state index is 12.4. The highest BCUT2D eigenvalue weighted by Gasteiger charge is 2.18. The van der Waals surface area contributed by atoms with Gasteiger partial charge < -0.3 is 5.73 Å². The first-order chi connectivity index (χ1) is 10.0. The summed E-state index contributed by atoms with van der Waals surface area (Å²) in [5, 5.41) is 0. The molecule has 0 saturated heterocycles. The average Bonchev–Trinajstić information content (AvgIpc) is 2.53. The van der Waals surface area contributed by atoms with E-state index in [0.29, 0.717) is 18.7 Å². The number of hydrogen-bond acceptors (Lipinski definition) is 3. The van der Waals surface area contributed by atoms with Crippen molar-refractivity contribution in [2.75, 3.05) is 17.1 Å². The lowest BCUT2D eigenvalue weighted by atomic mass is 10.2. The molecule has 2 aromatic carbocycles. The SMILES string of the molecule is CN(c1ccc(CN)cc1)S(=O)(=O)CCc1ccccc1. The average molecular weight is 304 g/mol. The molecule has 0 bridgehead atoms. The van der Waals surface area contributed by atoms with Crippen molar-refractivity contribution < 1.29 is 8.42 Å². The normalized spacial score (nSPS) is 11.3. The molecule has 4 nitrogen and oxygen atoms in total. The Morgan fingerprint density at radius 2 is 1.57 bits per heavy atom. The molecule has 0 aromatic heterocycles. The Kier molecular flexibility index (Phi) is 4.98. The van der Waals surface area contributed by atoms with Crippen LogP contribution in [-0.2, 0) is 23.0 Å². The molecule has 5 heteroatoms. The van der Waals surface area contributed by atoms with Crippen molar-refractivity contribution in [3.8, 4) is 0 Å². The lowest BCUT2D eigenvalue weighted by Gasteiger charge is -2.19. The van der Waals surface area contributed by atoms with Crippen LogP contribution >= 0.6 is 0 Å². The van der Waals surface area contributed by atoms with E-state index in [1.54, 1.807) is 19.2 Å². The first-order valence-corrected chi connectivity index (χ1v) is 8.43. The minimum atomic E-state index is -3.33. The number of aryl methyl sites for hydroxylation is 1. The van der Waals surface area contributed by atoms with Crippen LogP contribution in [0.25, 0.3) is 0 Å². The van der Waals surface area contributed by atoms with Crippen LogP contribution < -0.4 is 10.0 Å². The zero-order valence-corrected chi connectivity index (χ0v) is 12.9. The Bertz CT molecular complexity index is 667. The lowest BCUT2D eigenvalue weighted by molar-refractivity contribution is 0.593. The van der Waals surface area contributed by atoms with Crippen LogP contribution in [0.1, 0.15) is 11.1 Å². The molecule has 2 rings (SSSR count). The summed E-state index contributed by atoms with van der Waals surface area (Å²) < 4.78 is 26.0. The Morgan fingerprint density at radius 1 is 0.952 bits per heavy atom. The van der Waals surface area contributed by atoms with Gasteiger partial charge in [-0.3, -0.25) is 4.31 Å². The molecular formula is C16H20N2O2S. The van der Waals surface area contributed by atoms with Gasteiger partial charge in [-0.2, -0.15) is 0 Å². The van der Waals surface area contributed by atoms with E-state index in [4.69, 9.17) is 5.73 Å². The molecule has 0 aliphatic heterocycles. The number of rotatable bonds is 6. The minimum Gasteiger partial charge on any atom is -0.326 e. The molecule has 0 fully saturated rings. The van der Waals surface area contributed by atoms with Gasteiger partial charge in [0.25, 0.3) is 0 Å². The van der Waals surface area contributed by atoms with E-state index in [-0.39, 0.29) is 5.75 Å². The van der Waals surface area contributed by atoms with Crippen molar-refractivity contribution in [2.45, 2.75) is 13.0 Å². The Balaban J connectivity index is 2.07. The summed E-state index contributed by atoms with van der Waals surface area (Å²) in [6.45, 7) is 0.449. The summed E-state index contributed by atoms with van der Waals surface area (Å²) in [5.74, 6) is 0.0894. The van der Waals surface area contributed by atoms with Crippen LogP contribution in [0.5, 0.6) is 0 Å². The quantitative estimate of drug-likeness (QED) is 0.889. The van der Waals surface area contributed by atoms with Gasteiger partial charge in [-0.05, 0) is 29.7 Å². The zero-order chi connectivity index (χ0) is 15.3. The van der Waals surface area contributed by atoms with Gasteiger partial charge in [-0.25, -0.2) is 8.42 Å². The summed E-state index contributed by atoms with van der Waals surface area (Å²) in [5.41, 5.74) is 8.20. The molecule has 0 aliphatic carbocycles. The Labute approximate surface area is 126 Å². The summed E-state index contributed by atoms with van der Waals surface area (Å²) in [4.78, 5) is 0. The fraction of sp³-hybridized carbons (Fsp3) is 0.250.